The van der Waals surface area contributed by atoms with Gasteiger partial charge in [0.2, 0.25) is 0 Å². The maximum atomic E-state index is 13.0. The second-order valence-electron chi connectivity index (χ2n) is 3.17. The fraction of sp³-hybridized carbons (Fsp3) is 0.300. The Morgan fingerprint density at radius 3 is 3.00 bits per heavy atom. The van der Waals surface area contributed by atoms with Crippen LogP contribution in [0.2, 0.25) is 0 Å². The first-order chi connectivity index (χ1) is 6.18. The van der Waals surface area contributed by atoms with Gasteiger partial charge in [-0.1, -0.05) is 22.0 Å². The van der Waals surface area contributed by atoms with E-state index < -0.39 is 6.17 Å². The monoisotopic (exact) mass is 242 g/mol. The minimum Gasteiger partial charge on any atom is -0.291 e. The highest BCUT2D eigenvalue weighted by atomic mass is 79.9. The molecule has 0 fully saturated rings. The third-order valence-corrected chi connectivity index (χ3v) is 2.78. The first-order valence-electron chi connectivity index (χ1n) is 4.15. The minimum absolute atomic E-state index is 0.327. The summed E-state index contributed by atoms with van der Waals surface area (Å²) in [5.41, 5.74) is 1.50. The van der Waals surface area contributed by atoms with Gasteiger partial charge in [0.25, 0.3) is 0 Å². The van der Waals surface area contributed by atoms with E-state index in [1.165, 1.54) is 0 Å². The molecule has 0 aliphatic heterocycles. The lowest BCUT2D eigenvalue weighted by atomic mass is 9.90. The number of alkyl halides is 1. The van der Waals surface area contributed by atoms with E-state index in [9.17, 15) is 9.18 Å². The van der Waals surface area contributed by atoms with E-state index in [1.54, 1.807) is 6.07 Å². The molecule has 2 rings (SSSR count). The molecule has 1 nitrogen and oxygen atoms in total. The van der Waals surface area contributed by atoms with Gasteiger partial charge in [-0.15, -0.1) is 0 Å². The van der Waals surface area contributed by atoms with Crippen molar-refractivity contribution < 1.29 is 9.18 Å². The Morgan fingerprint density at radius 2 is 2.23 bits per heavy atom. The van der Waals surface area contributed by atoms with Crippen LogP contribution in [0.3, 0.4) is 0 Å². The van der Waals surface area contributed by atoms with Crippen LogP contribution >= 0.6 is 15.9 Å². The topological polar surface area (TPSA) is 17.1 Å². The molecule has 3 heteroatoms. The summed E-state index contributed by atoms with van der Waals surface area (Å²) in [7, 11) is 0. The lowest BCUT2D eigenvalue weighted by Gasteiger charge is -2.17. The summed E-state index contributed by atoms with van der Waals surface area (Å²) < 4.78 is 13.9. The third kappa shape index (κ3) is 1.53. The van der Waals surface area contributed by atoms with Crippen molar-refractivity contribution in [2.75, 3.05) is 0 Å². The summed E-state index contributed by atoms with van der Waals surface area (Å²) in [6.45, 7) is 0. The van der Waals surface area contributed by atoms with Crippen molar-refractivity contribution in [1.29, 1.82) is 0 Å². The maximum absolute atomic E-state index is 13.0. The zero-order valence-corrected chi connectivity index (χ0v) is 8.47. The SMILES string of the molecule is O=C1c2cc(Br)ccc2CCC1F. The number of hydrogen-bond acceptors (Lipinski definition) is 1. The second kappa shape index (κ2) is 3.22. The number of fused-ring (bicyclic) bond motifs is 1. The van der Waals surface area contributed by atoms with Crippen LogP contribution in [-0.4, -0.2) is 12.0 Å². The zero-order valence-electron chi connectivity index (χ0n) is 6.89. The molecule has 1 atom stereocenters. The van der Waals surface area contributed by atoms with E-state index in [0.29, 0.717) is 18.4 Å². The number of carbonyl (C=O) groups excluding carboxylic acids is 1. The highest BCUT2D eigenvalue weighted by molar-refractivity contribution is 9.10. The number of halogens is 2. The smallest absolute Gasteiger partial charge is 0.197 e. The standard InChI is InChI=1S/C10H8BrFO/c11-7-3-1-6-2-4-9(12)10(13)8(6)5-7/h1,3,5,9H,2,4H2. The summed E-state index contributed by atoms with van der Waals surface area (Å²) in [6.07, 6.45) is -0.315. The van der Waals surface area contributed by atoms with Crippen LogP contribution in [-0.2, 0) is 6.42 Å². The lowest BCUT2D eigenvalue weighted by Crippen LogP contribution is -2.23. The Bertz CT molecular complexity index is 362. The van der Waals surface area contributed by atoms with E-state index in [-0.39, 0.29) is 5.78 Å². The summed E-state index contributed by atoms with van der Waals surface area (Å²) in [5, 5.41) is 0. The van der Waals surface area contributed by atoms with Crippen LogP contribution in [0.1, 0.15) is 22.3 Å². The average Bonchev–Trinajstić information content (AvgIpc) is 2.12. The fourth-order valence-corrected chi connectivity index (χ4v) is 1.94. The quantitative estimate of drug-likeness (QED) is 0.684. The molecule has 0 aromatic heterocycles. The molecule has 1 aromatic carbocycles. The number of carbonyl (C=O) groups is 1. The van der Waals surface area contributed by atoms with E-state index in [0.717, 1.165) is 10.0 Å². The molecule has 0 N–H and O–H groups in total. The Morgan fingerprint density at radius 1 is 1.46 bits per heavy atom. The van der Waals surface area contributed by atoms with E-state index in [4.69, 9.17) is 0 Å². The Kier molecular flexibility index (Phi) is 2.20. The van der Waals surface area contributed by atoms with Gasteiger partial charge in [-0.25, -0.2) is 4.39 Å². The lowest BCUT2D eigenvalue weighted by molar-refractivity contribution is 0.0856. The van der Waals surface area contributed by atoms with E-state index in [1.807, 2.05) is 12.1 Å². The Balaban J connectivity index is 2.51. The molecular formula is C10H8BrFO. The zero-order chi connectivity index (χ0) is 9.42. The number of aryl methyl sites for hydroxylation is 1. The van der Waals surface area contributed by atoms with E-state index >= 15 is 0 Å². The summed E-state index contributed by atoms with van der Waals surface area (Å²) in [5.74, 6) is -0.373. The molecule has 0 saturated heterocycles. The van der Waals surface area contributed by atoms with Gasteiger partial charge >= 0.3 is 0 Å². The van der Waals surface area contributed by atoms with Crippen LogP contribution in [0, 0.1) is 0 Å². The number of hydrogen-bond donors (Lipinski definition) is 0. The molecule has 68 valence electrons. The van der Waals surface area contributed by atoms with Gasteiger partial charge in [0.05, 0.1) is 0 Å². The number of benzene rings is 1. The second-order valence-corrected chi connectivity index (χ2v) is 4.09. The fourth-order valence-electron chi connectivity index (χ4n) is 1.58. The van der Waals surface area contributed by atoms with Crippen molar-refractivity contribution in [2.45, 2.75) is 19.0 Å². The van der Waals surface area contributed by atoms with Gasteiger partial charge in [0.1, 0.15) is 0 Å². The molecule has 0 bridgehead atoms. The van der Waals surface area contributed by atoms with Crippen LogP contribution in [0.5, 0.6) is 0 Å². The number of ketones is 1. The van der Waals surface area contributed by atoms with Crippen molar-refractivity contribution in [3.8, 4) is 0 Å². The predicted molar refractivity (Wildman–Crippen MR) is 51.7 cm³/mol. The Hall–Kier alpha value is -0.700. The van der Waals surface area contributed by atoms with Crippen molar-refractivity contribution in [3.05, 3.63) is 33.8 Å². The summed E-state index contributed by atoms with van der Waals surface area (Å²) >= 11 is 3.26. The van der Waals surface area contributed by atoms with Gasteiger partial charge < -0.3 is 0 Å². The van der Waals surface area contributed by atoms with Crippen LogP contribution in [0.4, 0.5) is 4.39 Å². The minimum atomic E-state index is -1.30. The molecule has 1 aromatic rings. The van der Waals surface area contributed by atoms with Gasteiger partial charge in [-0.05, 0) is 30.5 Å². The summed E-state index contributed by atoms with van der Waals surface area (Å²) in [6, 6.07) is 5.46. The van der Waals surface area contributed by atoms with Crippen LogP contribution in [0.25, 0.3) is 0 Å². The first-order valence-corrected chi connectivity index (χ1v) is 4.94. The van der Waals surface area contributed by atoms with Gasteiger partial charge in [-0.2, -0.15) is 0 Å². The highest BCUT2D eigenvalue weighted by Gasteiger charge is 2.26. The molecule has 0 heterocycles. The molecule has 0 spiro atoms. The Labute approximate surface area is 84.1 Å². The maximum Gasteiger partial charge on any atom is 0.197 e. The normalized spacial score (nSPS) is 21.4. The molecule has 1 unspecified atom stereocenters. The van der Waals surface area contributed by atoms with E-state index in [2.05, 4.69) is 15.9 Å². The van der Waals surface area contributed by atoms with Crippen molar-refractivity contribution in [1.82, 2.24) is 0 Å². The molecule has 0 amide bonds. The number of Topliss-reactive ketones (excluding diaryl/α,β-unsaturated/α-hetero) is 1. The molecule has 0 radical (unpaired) electrons. The molecular weight excluding hydrogens is 235 g/mol. The van der Waals surface area contributed by atoms with Crippen molar-refractivity contribution >= 4 is 21.7 Å². The molecule has 13 heavy (non-hydrogen) atoms. The first kappa shape index (κ1) is 8.88. The molecule has 1 aliphatic carbocycles. The van der Waals surface area contributed by atoms with Crippen molar-refractivity contribution in [3.63, 3.8) is 0 Å². The third-order valence-electron chi connectivity index (χ3n) is 2.29. The molecule has 1 aliphatic rings. The molecule has 0 saturated carbocycles. The van der Waals surface area contributed by atoms with Crippen LogP contribution < -0.4 is 0 Å². The average molecular weight is 243 g/mol. The summed E-state index contributed by atoms with van der Waals surface area (Å²) in [4.78, 5) is 11.4. The van der Waals surface area contributed by atoms with Gasteiger partial charge in [-0.3, -0.25) is 4.79 Å². The van der Waals surface area contributed by atoms with Crippen molar-refractivity contribution in [2.24, 2.45) is 0 Å². The van der Waals surface area contributed by atoms with Gasteiger partial charge in [0, 0.05) is 10.0 Å². The van der Waals surface area contributed by atoms with Gasteiger partial charge in [0.15, 0.2) is 12.0 Å². The predicted octanol–water partition coefficient (Wildman–Crippen LogP) is 2.92. The largest absolute Gasteiger partial charge is 0.291 e. The van der Waals surface area contributed by atoms with Crippen LogP contribution in [0.15, 0.2) is 22.7 Å². The number of rotatable bonds is 0. The highest BCUT2D eigenvalue weighted by Crippen LogP contribution is 2.25.